The Kier molecular flexibility index (Phi) is 4.94. The zero-order valence-electron chi connectivity index (χ0n) is 12.6. The van der Waals surface area contributed by atoms with Crippen molar-refractivity contribution >= 4 is 17.8 Å². The Morgan fingerprint density at radius 2 is 1.95 bits per heavy atom. The standard InChI is InChI=1S/C13H25N7/c1-4-19(9-10(2)3)12-15-11(18-14)16-13(17-12)20-7-5-6-8-20/h10H,4-9,14H2,1-3H3,(H,15,16,17,18). The molecule has 112 valence electrons. The van der Waals surface area contributed by atoms with Gasteiger partial charge in [-0.1, -0.05) is 13.8 Å². The highest BCUT2D eigenvalue weighted by Gasteiger charge is 2.19. The van der Waals surface area contributed by atoms with E-state index in [0.717, 1.165) is 32.1 Å². The molecule has 7 nitrogen and oxygen atoms in total. The molecule has 3 N–H and O–H groups in total. The molecule has 20 heavy (non-hydrogen) atoms. The molecule has 0 radical (unpaired) electrons. The minimum Gasteiger partial charge on any atom is -0.341 e. The Bertz CT molecular complexity index is 429. The van der Waals surface area contributed by atoms with Crippen LogP contribution in [0.4, 0.5) is 17.8 Å². The van der Waals surface area contributed by atoms with Crippen LogP contribution in [-0.2, 0) is 0 Å². The largest absolute Gasteiger partial charge is 0.341 e. The van der Waals surface area contributed by atoms with Crippen molar-refractivity contribution in [1.29, 1.82) is 0 Å². The maximum atomic E-state index is 5.49. The van der Waals surface area contributed by atoms with Gasteiger partial charge in [-0.2, -0.15) is 15.0 Å². The first-order valence-electron chi connectivity index (χ1n) is 7.36. The number of nitrogens with two attached hydrogens (primary N) is 1. The van der Waals surface area contributed by atoms with Crippen LogP contribution in [0.1, 0.15) is 33.6 Å². The molecule has 0 aliphatic carbocycles. The Hall–Kier alpha value is -1.63. The number of hydrazine groups is 1. The lowest BCUT2D eigenvalue weighted by molar-refractivity contribution is 0.608. The number of hydrogen-bond acceptors (Lipinski definition) is 7. The van der Waals surface area contributed by atoms with Crippen LogP contribution in [0.2, 0.25) is 0 Å². The lowest BCUT2D eigenvalue weighted by atomic mass is 10.2. The van der Waals surface area contributed by atoms with Crippen molar-refractivity contribution in [3.63, 3.8) is 0 Å². The average molecular weight is 279 g/mol. The molecule has 0 aromatic carbocycles. The maximum absolute atomic E-state index is 5.49. The van der Waals surface area contributed by atoms with Crippen molar-refractivity contribution < 1.29 is 0 Å². The summed E-state index contributed by atoms with van der Waals surface area (Å²) in [5.74, 6) is 7.90. The van der Waals surface area contributed by atoms with Gasteiger partial charge in [-0.3, -0.25) is 5.43 Å². The molecule has 0 unspecified atom stereocenters. The van der Waals surface area contributed by atoms with Gasteiger partial charge in [-0.25, -0.2) is 5.84 Å². The first-order valence-corrected chi connectivity index (χ1v) is 7.36. The van der Waals surface area contributed by atoms with Crippen LogP contribution in [0.3, 0.4) is 0 Å². The topological polar surface area (TPSA) is 83.2 Å². The summed E-state index contributed by atoms with van der Waals surface area (Å²) in [5, 5.41) is 0. The minimum absolute atomic E-state index is 0.430. The normalized spacial score (nSPS) is 14.9. The number of nitrogen functional groups attached to an aromatic ring is 1. The van der Waals surface area contributed by atoms with Crippen LogP contribution in [0.25, 0.3) is 0 Å². The van der Waals surface area contributed by atoms with E-state index >= 15 is 0 Å². The molecule has 0 atom stereocenters. The molecule has 1 saturated heterocycles. The fourth-order valence-electron chi connectivity index (χ4n) is 2.41. The molecule has 2 heterocycles. The number of rotatable bonds is 6. The van der Waals surface area contributed by atoms with Crippen molar-refractivity contribution in [3.8, 4) is 0 Å². The molecule has 0 saturated carbocycles. The lowest BCUT2D eigenvalue weighted by Gasteiger charge is -2.24. The quantitative estimate of drug-likeness (QED) is 0.598. The predicted octanol–water partition coefficient (Wildman–Crippen LogP) is 1.24. The maximum Gasteiger partial charge on any atom is 0.243 e. The molecule has 0 amide bonds. The van der Waals surface area contributed by atoms with Gasteiger partial charge in [0, 0.05) is 26.2 Å². The summed E-state index contributed by atoms with van der Waals surface area (Å²) < 4.78 is 0. The lowest BCUT2D eigenvalue weighted by Crippen LogP contribution is -2.31. The van der Waals surface area contributed by atoms with Crippen molar-refractivity contribution in [2.24, 2.45) is 11.8 Å². The fourth-order valence-corrected chi connectivity index (χ4v) is 2.41. The smallest absolute Gasteiger partial charge is 0.243 e. The Balaban J connectivity index is 2.28. The van der Waals surface area contributed by atoms with E-state index in [1.54, 1.807) is 0 Å². The van der Waals surface area contributed by atoms with Gasteiger partial charge in [0.2, 0.25) is 17.8 Å². The summed E-state index contributed by atoms with van der Waals surface area (Å²) in [4.78, 5) is 17.7. The summed E-state index contributed by atoms with van der Waals surface area (Å²) >= 11 is 0. The van der Waals surface area contributed by atoms with Gasteiger partial charge in [0.15, 0.2) is 0 Å². The van der Waals surface area contributed by atoms with Crippen LogP contribution < -0.4 is 21.1 Å². The highest BCUT2D eigenvalue weighted by molar-refractivity contribution is 5.45. The molecule has 1 aliphatic rings. The van der Waals surface area contributed by atoms with E-state index in [9.17, 15) is 0 Å². The molecule has 0 bridgehead atoms. The second-order valence-electron chi connectivity index (χ2n) is 5.53. The van der Waals surface area contributed by atoms with Crippen LogP contribution >= 0.6 is 0 Å². The zero-order valence-corrected chi connectivity index (χ0v) is 12.6. The van der Waals surface area contributed by atoms with E-state index in [2.05, 4.69) is 50.9 Å². The monoisotopic (exact) mass is 279 g/mol. The molecular formula is C13H25N7. The zero-order chi connectivity index (χ0) is 14.5. The summed E-state index contributed by atoms with van der Waals surface area (Å²) in [6, 6.07) is 0. The first-order chi connectivity index (χ1) is 9.63. The molecule has 1 aromatic rings. The molecule has 1 fully saturated rings. The van der Waals surface area contributed by atoms with Gasteiger partial charge in [0.1, 0.15) is 0 Å². The van der Waals surface area contributed by atoms with Gasteiger partial charge in [0.05, 0.1) is 0 Å². The Morgan fingerprint density at radius 1 is 1.25 bits per heavy atom. The third-order valence-corrected chi connectivity index (χ3v) is 3.38. The molecule has 7 heteroatoms. The van der Waals surface area contributed by atoms with Crippen molar-refractivity contribution in [2.45, 2.75) is 33.6 Å². The summed E-state index contributed by atoms with van der Waals surface area (Å²) in [6.45, 7) is 10.3. The van der Waals surface area contributed by atoms with Crippen molar-refractivity contribution in [1.82, 2.24) is 15.0 Å². The van der Waals surface area contributed by atoms with E-state index in [-0.39, 0.29) is 0 Å². The van der Waals surface area contributed by atoms with E-state index in [1.807, 2.05) is 0 Å². The Labute approximate surface area is 120 Å². The second-order valence-corrected chi connectivity index (χ2v) is 5.53. The molecular weight excluding hydrogens is 254 g/mol. The number of aromatic nitrogens is 3. The van der Waals surface area contributed by atoms with Crippen LogP contribution in [0.5, 0.6) is 0 Å². The van der Waals surface area contributed by atoms with Gasteiger partial charge in [-0.05, 0) is 25.7 Å². The van der Waals surface area contributed by atoms with Crippen LogP contribution in [-0.4, -0.2) is 41.1 Å². The third-order valence-electron chi connectivity index (χ3n) is 3.38. The summed E-state index contributed by atoms with van der Waals surface area (Å²) in [6.07, 6.45) is 2.38. The molecule has 2 rings (SSSR count). The molecule has 1 aliphatic heterocycles. The van der Waals surface area contributed by atoms with Gasteiger partial charge < -0.3 is 9.80 Å². The highest BCUT2D eigenvalue weighted by Crippen LogP contribution is 2.20. The second kappa shape index (κ2) is 6.69. The van der Waals surface area contributed by atoms with E-state index in [1.165, 1.54) is 12.8 Å². The Morgan fingerprint density at radius 3 is 2.50 bits per heavy atom. The van der Waals surface area contributed by atoms with Crippen LogP contribution in [0.15, 0.2) is 0 Å². The first kappa shape index (κ1) is 14.8. The summed E-state index contributed by atoms with van der Waals surface area (Å²) in [7, 11) is 0. The van der Waals surface area contributed by atoms with E-state index in [0.29, 0.717) is 17.8 Å². The van der Waals surface area contributed by atoms with Gasteiger partial charge >= 0.3 is 0 Å². The number of anilines is 3. The van der Waals surface area contributed by atoms with Crippen molar-refractivity contribution in [3.05, 3.63) is 0 Å². The molecule has 1 aromatic heterocycles. The molecule has 0 spiro atoms. The highest BCUT2D eigenvalue weighted by atomic mass is 15.4. The number of hydrogen-bond donors (Lipinski definition) is 2. The fraction of sp³-hybridized carbons (Fsp3) is 0.769. The van der Waals surface area contributed by atoms with Gasteiger partial charge in [-0.15, -0.1) is 0 Å². The number of nitrogens with zero attached hydrogens (tertiary/aromatic N) is 5. The summed E-state index contributed by atoms with van der Waals surface area (Å²) in [5.41, 5.74) is 2.55. The predicted molar refractivity (Wildman–Crippen MR) is 81.8 cm³/mol. The minimum atomic E-state index is 0.430. The SMILES string of the molecule is CCN(CC(C)C)c1nc(NN)nc(N2CCCC2)n1. The van der Waals surface area contributed by atoms with Crippen LogP contribution in [0, 0.1) is 5.92 Å². The van der Waals surface area contributed by atoms with E-state index < -0.39 is 0 Å². The average Bonchev–Trinajstić information content (AvgIpc) is 2.98. The third kappa shape index (κ3) is 3.47. The van der Waals surface area contributed by atoms with Gasteiger partial charge in [0.25, 0.3) is 0 Å². The number of nitrogens with one attached hydrogen (secondary N) is 1. The van der Waals surface area contributed by atoms with E-state index in [4.69, 9.17) is 5.84 Å². The van der Waals surface area contributed by atoms with Crippen molar-refractivity contribution in [2.75, 3.05) is 41.4 Å².